The standard InChI is InChI=1S/C15H15N3O/c1-10-6-11(2)15(19-3)12(7-10)13(8-16)14-4-5-17-9-18-14/h4-7,9,13H,1-3H3. The second kappa shape index (κ2) is 5.49. The van der Waals surface area contributed by atoms with Crippen molar-refractivity contribution in [3.63, 3.8) is 0 Å². The second-order valence-corrected chi connectivity index (χ2v) is 4.40. The topological polar surface area (TPSA) is 58.8 Å². The largest absolute Gasteiger partial charge is 0.496 e. The maximum atomic E-state index is 9.47. The van der Waals surface area contributed by atoms with Crippen LogP contribution in [0.2, 0.25) is 0 Å². The minimum absolute atomic E-state index is 0.448. The lowest BCUT2D eigenvalue weighted by Crippen LogP contribution is -2.05. The number of methoxy groups -OCH3 is 1. The maximum Gasteiger partial charge on any atom is 0.126 e. The smallest absolute Gasteiger partial charge is 0.126 e. The van der Waals surface area contributed by atoms with E-state index in [0.29, 0.717) is 5.69 Å². The lowest BCUT2D eigenvalue weighted by Gasteiger charge is -2.16. The Labute approximate surface area is 112 Å². The molecule has 0 aliphatic carbocycles. The number of hydrogen-bond acceptors (Lipinski definition) is 4. The van der Waals surface area contributed by atoms with Gasteiger partial charge in [0.15, 0.2) is 0 Å². The van der Waals surface area contributed by atoms with Crippen LogP contribution in [0.1, 0.15) is 28.3 Å². The van der Waals surface area contributed by atoms with Crippen molar-refractivity contribution in [2.75, 3.05) is 7.11 Å². The van der Waals surface area contributed by atoms with Gasteiger partial charge in [-0.3, -0.25) is 0 Å². The van der Waals surface area contributed by atoms with Gasteiger partial charge in [0.2, 0.25) is 0 Å². The molecule has 1 atom stereocenters. The Morgan fingerprint density at radius 3 is 2.68 bits per heavy atom. The van der Waals surface area contributed by atoms with Crippen LogP contribution in [0, 0.1) is 25.2 Å². The zero-order valence-electron chi connectivity index (χ0n) is 11.2. The monoisotopic (exact) mass is 253 g/mol. The van der Waals surface area contributed by atoms with E-state index in [2.05, 4.69) is 16.0 Å². The molecule has 19 heavy (non-hydrogen) atoms. The molecule has 1 heterocycles. The summed E-state index contributed by atoms with van der Waals surface area (Å²) >= 11 is 0. The van der Waals surface area contributed by atoms with E-state index in [9.17, 15) is 5.26 Å². The summed E-state index contributed by atoms with van der Waals surface area (Å²) in [6, 6.07) is 8.06. The van der Waals surface area contributed by atoms with Crippen LogP contribution in [0.4, 0.5) is 0 Å². The quantitative estimate of drug-likeness (QED) is 0.844. The Morgan fingerprint density at radius 2 is 2.11 bits per heavy atom. The average molecular weight is 253 g/mol. The van der Waals surface area contributed by atoms with Crippen LogP contribution >= 0.6 is 0 Å². The van der Waals surface area contributed by atoms with Gasteiger partial charge in [0.1, 0.15) is 18.0 Å². The summed E-state index contributed by atoms with van der Waals surface area (Å²) in [5.41, 5.74) is 3.65. The third kappa shape index (κ3) is 2.55. The van der Waals surface area contributed by atoms with Gasteiger partial charge in [-0.05, 0) is 25.5 Å². The molecule has 4 nitrogen and oxygen atoms in total. The molecule has 1 aromatic carbocycles. The third-order valence-corrected chi connectivity index (χ3v) is 2.99. The van der Waals surface area contributed by atoms with Gasteiger partial charge in [-0.15, -0.1) is 0 Å². The average Bonchev–Trinajstić information content (AvgIpc) is 2.40. The van der Waals surface area contributed by atoms with Crippen molar-refractivity contribution in [2.24, 2.45) is 0 Å². The fourth-order valence-electron chi connectivity index (χ4n) is 2.25. The van der Waals surface area contributed by atoms with E-state index >= 15 is 0 Å². The molecule has 0 bridgehead atoms. The molecule has 0 radical (unpaired) electrons. The maximum absolute atomic E-state index is 9.47. The number of rotatable bonds is 3. The van der Waals surface area contributed by atoms with Gasteiger partial charge in [0.05, 0.1) is 18.9 Å². The first-order valence-corrected chi connectivity index (χ1v) is 5.98. The predicted molar refractivity (Wildman–Crippen MR) is 72.0 cm³/mol. The van der Waals surface area contributed by atoms with Gasteiger partial charge in [-0.1, -0.05) is 17.7 Å². The first-order valence-electron chi connectivity index (χ1n) is 5.98. The predicted octanol–water partition coefficient (Wildman–Crippen LogP) is 2.76. The molecule has 0 amide bonds. The van der Waals surface area contributed by atoms with E-state index in [-0.39, 0.29) is 0 Å². The van der Waals surface area contributed by atoms with Crippen molar-refractivity contribution >= 4 is 0 Å². The summed E-state index contributed by atoms with van der Waals surface area (Å²) in [6.45, 7) is 3.98. The Morgan fingerprint density at radius 1 is 1.32 bits per heavy atom. The number of nitriles is 1. The lowest BCUT2D eigenvalue weighted by molar-refractivity contribution is 0.406. The zero-order valence-corrected chi connectivity index (χ0v) is 11.2. The molecule has 0 aliphatic rings. The molecule has 2 rings (SSSR count). The molecular weight excluding hydrogens is 238 g/mol. The van der Waals surface area contributed by atoms with Gasteiger partial charge < -0.3 is 4.74 Å². The summed E-state index contributed by atoms with van der Waals surface area (Å²) < 4.78 is 5.44. The lowest BCUT2D eigenvalue weighted by atomic mass is 9.92. The van der Waals surface area contributed by atoms with Crippen molar-refractivity contribution in [3.05, 3.63) is 53.1 Å². The Bertz CT molecular complexity index is 617. The molecule has 0 saturated carbocycles. The first-order chi connectivity index (χ1) is 9.17. The number of aryl methyl sites for hydroxylation is 2. The molecule has 0 saturated heterocycles. The fourth-order valence-corrected chi connectivity index (χ4v) is 2.25. The summed E-state index contributed by atoms with van der Waals surface area (Å²) in [6.07, 6.45) is 3.09. The van der Waals surface area contributed by atoms with Crippen molar-refractivity contribution < 1.29 is 4.74 Å². The third-order valence-electron chi connectivity index (χ3n) is 2.99. The Balaban J connectivity index is 2.59. The molecular formula is C15H15N3O. The van der Waals surface area contributed by atoms with E-state index in [1.165, 1.54) is 6.33 Å². The van der Waals surface area contributed by atoms with Crippen LogP contribution in [0.5, 0.6) is 5.75 Å². The summed E-state index contributed by atoms with van der Waals surface area (Å²) in [5, 5.41) is 9.47. The molecule has 96 valence electrons. The number of ether oxygens (including phenoxy) is 1. The number of aromatic nitrogens is 2. The van der Waals surface area contributed by atoms with Crippen molar-refractivity contribution in [1.82, 2.24) is 9.97 Å². The van der Waals surface area contributed by atoms with Gasteiger partial charge in [-0.25, -0.2) is 9.97 Å². The van der Waals surface area contributed by atoms with Crippen LogP contribution in [-0.2, 0) is 0 Å². The Kier molecular flexibility index (Phi) is 3.76. The SMILES string of the molecule is COc1c(C)cc(C)cc1C(C#N)c1ccncn1. The molecule has 4 heteroatoms. The van der Waals surface area contributed by atoms with Gasteiger partial charge >= 0.3 is 0 Å². The highest BCUT2D eigenvalue weighted by Crippen LogP contribution is 2.33. The van der Waals surface area contributed by atoms with Crippen LogP contribution in [0.3, 0.4) is 0 Å². The normalized spacial score (nSPS) is 11.7. The highest BCUT2D eigenvalue weighted by Gasteiger charge is 2.20. The van der Waals surface area contributed by atoms with Crippen molar-refractivity contribution in [2.45, 2.75) is 19.8 Å². The van der Waals surface area contributed by atoms with Gasteiger partial charge in [0.25, 0.3) is 0 Å². The molecule has 0 fully saturated rings. The van der Waals surface area contributed by atoms with Crippen molar-refractivity contribution in [1.29, 1.82) is 5.26 Å². The highest BCUT2D eigenvalue weighted by molar-refractivity contribution is 5.50. The minimum Gasteiger partial charge on any atom is -0.496 e. The number of hydrogen-bond donors (Lipinski definition) is 0. The molecule has 0 N–H and O–H groups in total. The van der Waals surface area contributed by atoms with Crippen molar-refractivity contribution in [3.8, 4) is 11.8 Å². The first kappa shape index (κ1) is 13.0. The second-order valence-electron chi connectivity index (χ2n) is 4.40. The zero-order chi connectivity index (χ0) is 13.8. The van der Waals surface area contributed by atoms with E-state index in [1.807, 2.05) is 26.0 Å². The van der Waals surface area contributed by atoms with Gasteiger partial charge in [0, 0.05) is 11.8 Å². The summed E-state index contributed by atoms with van der Waals surface area (Å²) in [4.78, 5) is 8.05. The number of benzene rings is 1. The molecule has 1 unspecified atom stereocenters. The van der Waals surface area contributed by atoms with Crippen LogP contribution in [-0.4, -0.2) is 17.1 Å². The summed E-state index contributed by atoms with van der Waals surface area (Å²) in [5.74, 6) is 0.298. The van der Waals surface area contributed by atoms with E-state index in [1.54, 1.807) is 19.4 Å². The minimum atomic E-state index is -0.448. The summed E-state index contributed by atoms with van der Waals surface area (Å²) in [7, 11) is 1.62. The van der Waals surface area contributed by atoms with E-state index in [0.717, 1.165) is 22.4 Å². The van der Waals surface area contributed by atoms with Crippen LogP contribution < -0.4 is 4.74 Å². The molecule has 0 spiro atoms. The molecule has 2 aromatic rings. The Hall–Kier alpha value is -2.41. The van der Waals surface area contributed by atoms with Gasteiger partial charge in [-0.2, -0.15) is 5.26 Å². The van der Waals surface area contributed by atoms with E-state index in [4.69, 9.17) is 4.74 Å². The highest BCUT2D eigenvalue weighted by atomic mass is 16.5. The molecule has 1 aromatic heterocycles. The van der Waals surface area contributed by atoms with Crippen LogP contribution in [0.25, 0.3) is 0 Å². The van der Waals surface area contributed by atoms with E-state index < -0.39 is 5.92 Å². The fraction of sp³-hybridized carbons (Fsp3) is 0.267. The molecule has 0 aliphatic heterocycles. The number of nitrogens with zero attached hydrogens (tertiary/aromatic N) is 3. The van der Waals surface area contributed by atoms with Crippen LogP contribution in [0.15, 0.2) is 30.7 Å².